The van der Waals surface area contributed by atoms with Crippen molar-refractivity contribution in [3.8, 4) is 0 Å². The van der Waals surface area contributed by atoms with Gasteiger partial charge in [0.25, 0.3) is 0 Å². The van der Waals surface area contributed by atoms with Crippen LogP contribution in [0.1, 0.15) is 40.0 Å². The van der Waals surface area contributed by atoms with Crippen molar-refractivity contribution in [2.75, 3.05) is 46.8 Å². The van der Waals surface area contributed by atoms with E-state index in [2.05, 4.69) is 43.1 Å². The van der Waals surface area contributed by atoms with Crippen molar-refractivity contribution in [1.82, 2.24) is 15.1 Å². The molecule has 20 heavy (non-hydrogen) atoms. The van der Waals surface area contributed by atoms with Gasteiger partial charge in [-0.15, -0.1) is 0 Å². The second-order valence-corrected chi connectivity index (χ2v) is 5.91. The Hall–Kier alpha value is -0.650. The molecular formula is C15H33N3O2. The molecule has 120 valence electrons. The van der Waals surface area contributed by atoms with E-state index in [1.807, 2.05) is 0 Å². The predicted octanol–water partition coefficient (Wildman–Crippen LogP) is 1.49. The minimum absolute atomic E-state index is 0.637. The maximum absolute atomic E-state index is 11.4. The lowest BCUT2D eigenvalue weighted by molar-refractivity contribution is -0.144. The molecule has 0 aliphatic rings. The molecule has 0 aliphatic heterocycles. The quantitative estimate of drug-likeness (QED) is 0.569. The molecule has 1 unspecified atom stereocenters. The molecular weight excluding hydrogens is 254 g/mol. The summed E-state index contributed by atoms with van der Waals surface area (Å²) in [5, 5.41) is 12.6. The maximum Gasteiger partial charge on any atom is 0.323 e. The second kappa shape index (κ2) is 10.1. The molecule has 0 bridgehead atoms. The van der Waals surface area contributed by atoms with E-state index in [9.17, 15) is 9.90 Å². The van der Waals surface area contributed by atoms with Gasteiger partial charge < -0.3 is 20.2 Å². The van der Waals surface area contributed by atoms with Gasteiger partial charge in [-0.2, -0.15) is 0 Å². The van der Waals surface area contributed by atoms with Gasteiger partial charge in [-0.05, 0) is 66.5 Å². The maximum atomic E-state index is 11.4. The van der Waals surface area contributed by atoms with E-state index in [1.165, 1.54) is 0 Å². The lowest BCUT2D eigenvalue weighted by atomic mass is 9.97. The molecule has 1 atom stereocenters. The Bertz CT molecular complexity index is 272. The minimum Gasteiger partial charge on any atom is -0.480 e. The molecule has 2 N–H and O–H groups in total. The van der Waals surface area contributed by atoms with Crippen molar-refractivity contribution in [2.24, 2.45) is 0 Å². The van der Waals surface area contributed by atoms with Gasteiger partial charge in [-0.3, -0.25) is 4.79 Å². The van der Waals surface area contributed by atoms with Crippen molar-refractivity contribution in [3.05, 3.63) is 0 Å². The van der Waals surface area contributed by atoms with Gasteiger partial charge in [-0.25, -0.2) is 0 Å². The fourth-order valence-corrected chi connectivity index (χ4v) is 2.09. The van der Waals surface area contributed by atoms with E-state index in [-0.39, 0.29) is 0 Å². The number of aliphatic carboxylic acids is 1. The summed E-state index contributed by atoms with van der Waals surface area (Å²) in [7, 11) is 4.15. The predicted molar refractivity (Wildman–Crippen MR) is 84.2 cm³/mol. The Balaban J connectivity index is 4.24. The van der Waals surface area contributed by atoms with E-state index < -0.39 is 11.5 Å². The van der Waals surface area contributed by atoms with Gasteiger partial charge in [-0.1, -0.05) is 13.8 Å². The summed E-state index contributed by atoms with van der Waals surface area (Å²) in [4.78, 5) is 16.0. The number of carboxylic acids is 1. The van der Waals surface area contributed by atoms with Crippen LogP contribution < -0.4 is 5.32 Å². The first-order valence-corrected chi connectivity index (χ1v) is 7.71. The molecule has 0 aromatic heterocycles. The van der Waals surface area contributed by atoms with Gasteiger partial charge in [0.15, 0.2) is 0 Å². The molecule has 0 aromatic carbocycles. The van der Waals surface area contributed by atoms with Crippen LogP contribution in [-0.2, 0) is 4.79 Å². The number of carbonyl (C=O) groups is 1. The van der Waals surface area contributed by atoms with Crippen molar-refractivity contribution in [3.63, 3.8) is 0 Å². The summed E-state index contributed by atoms with van der Waals surface area (Å²) < 4.78 is 0. The van der Waals surface area contributed by atoms with Crippen LogP contribution in [-0.4, -0.2) is 73.2 Å². The first-order chi connectivity index (χ1) is 9.35. The van der Waals surface area contributed by atoms with E-state index in [0.717, 1.165) is 45.6 Å². The van der Waals surface area contributed by atoms with Crippen molar-refractivity contribution in [1.29, 1.82) is 0 Å². The largest absolute Gasteiger partial charge is 0.480 e. The monoisotopic (exact) mass is 287 g/mol. The first-order valence-electron chi connectivity index (χ1n) is 7.71. The van der Waals surface area contributed by atoms with Crippen LogP contribution in [0, 0.1) is 0 Å². The molecule has 5 heteroatoms. The Morgan fingerprint density at radius 2 is 1.85 bits per heavy atom. The fraction of sp³-hybridized carbons (Fsp3) is 0.933. The van der Waals surface area contributed by atoms with Gasteiger partial charge in [0.1, 0.15) is 5.54 Å². The molecule has 5 nitrogen and oxygen atoms in total. The number of carboxylic acid groups (broad SMARTS) is 1. The highest BCUT2D eigenvalue weighted by atomic mass is 16.4. The van der Waals surface area contributed by atoms with Crippen molar-refractivity contribution >= 4 is 5.97 Å². The standard InChI is InChI=1S/C15H33N3O2/c1-6-10-16-15(3,14(19)20)9-13-18(7-2)12-8-11-17(4)5/h16H,6-13H2,1-5H3,(H,19,20). The Kier molecular flexibility index (Phi) is 9.80. The highest BCUT2D eigenvalue weighted by Crippen LogP contribution is 2.11. The van der Waals surface area contributed by atoms with E-state index in [4.69, 9.17) is 0 Å². The lowest BCUT2D eigenvalue weighted by Crippen LogP contribution is -2.51. The Labute approximate surface area is 124 Å². The van der Waals surface area contributed by atoms with Gasteiger partial charge in [0.05, 0.1) is 0 Å². The fourth-order valence-electron chi connectivity index (χ4n) is 2.09. The van der Waals surface area contributed by atoms with Gasteiger partial charge in [0.2, 0.25) is 0 Å². The number of hydrogen-bond acceptors (Lipinski definition) is 4. The average molecular weight is 287 g/mol. The molecule has 0 radical (unpaired) electrons. The summed E-state index contributed by atoms with van der Waals surface area (Å²) in [6, 6.07) is 0. The van der Waals surface area contributed by atoms with E-state index >= 15 is 0 Å². The topological polar surface area (TPSA) is 55.8 Å². The molecule has 0 saturated heterocycles. The average Bonchev–Trinajstić information content (AvgIpc) is 2.39. The Morgan fingerprint density at radius 1 is 1.20 bits per heavy atom. The van der Waals surface area contributed by atoms with Crippen molar-refractivity contribution in [2.45, 2.75) is 45.6 Å². The number of nitrogens with zero attached hydrogens (tertiary/aromatic N) is 2. The molecule has 0 fully saturated rings. The van der Waals surface area contributed by atoms with Crippen LogP contribution in [0.5, 0.6) is 0 Å². The third-order valence-corrected chi connectivity index (χ3v) is 3.69. The SMILES string of the molecule is CCCNC(C)(CCN(CC)CCCN(C)C)C(=O)O. The zero-order valence-electron chi connectivity index (χ0n) is 13.9. The third-order valence-electron chi connectivity index (χ3n) is 3.69. The first kappa shape index (κ1) is 19.4. The van der Waals surface area contributed by atoms with Gasteiger partial charge >= 0.3 is 5.97 Å². The molecule has 0 heterocycles. The highest BCUT2D eigenvalue weighted by Gasteiger charge is 2.32. The zero-order chi connectivity index (χ0) is 15.6. The molecule has 0 aromatic rings. The minimum atomic E-state index is -0.815. The smallest absolute Gasteiger partial charge is 0.323 e. The number of rotatable bonds is 12. The van der Waals surface area contributed by atoms with E-state index in [0.29, 0.717) is 6.42 Å². The molecule has 0 aliphatic carbocycles. The number of nitrogens with one attached hydrogen (secondary N) is 1. The van der Waals surface area contributed by atoms with Crippen LogP contribution in [0.15, 0.2) is 0 Å². The zero-order valence-corrected chi connectivity index (χ0v) is 13.9. The molecule has 0 saturated carbocycles. The molecule has 0 rings (SSSR count). The summed E-state index contributed by atoms with van der Waals surface area (Å²) in [5.41, 5.74) is -0.815. The van der Waals surface area contributed by atoms with E-state index in [1.54, 1.807) is 6.92 Å². The Morgan fingerprint density at radius 3 is 2.30 bits per heavy atom. The molecule has 0 amide bonds. The summed E-state index contributed by atoms with van der Waals surface area (Å²) in [6.07, 6.45) is 2.70. The van der Waals surface area contributed by atoms with Crippen LogP contribution >= 0.6 is 0 Å². The van der Waals surface area contributed by atoms with Crippen molar-refractivity contribution < 1.29 is 9.90 Å². The van der Waals surface area contributed by atoms with Crippen LogP contribution in [0.3, 0.4) is 0 Å². The molecule has 0 spiro atoms. The van der Waals surface area contributed by atoms with Crippen LogP contribution in [0.25, 0.3) is 0 Å². The number of hydrogen-bond donors (Lipinski definition) is 2. The third kappa shape index (κ3) is 7.82. The lowest BCUT2D eigenvalue weighted by Gasteiger charge is -2.30. The normalized spacial score (nSPS) is 14.8. The van der Waals surface area contributed by atoms with Gasteiger partial charge in [0, 0.05) is 6.54 Å². The second-order valence-electron chi connectivity index (χ2n) is 5.91. The van der Waals surface area contributed by atoms with Crippen LogP contribution in [0.4, 0.5) is 0 Å². The summed E-state index contributed by atoms with van der Waals surface area (Å²) in [5.74, 6) is -0.754. The summed E-state index contributed by atoms with van der Waals surface area (Å²) in [6.45, 7) is 10.6. The summed E-state index contributed by atoms with van der Waals surface area (Å²) >= 11 is 0. The highest BCUT2D eigenvalue weighted by molar-refractivity contribution is 5.78. The van der Waals surface area contributed by atoms with Crippen LogP contribution in [0.2, 0.25) is 0 Å².